The Kier molecular flexibility index (Phi) is 2.19. The Bertz CT molecular complexity index is 268. The minimum absolute atomic E-state index is 0.443. The van der Waals surface area contributed by atoms with Gasteiger partial charge in [0.15, 0.2) is 0 Å². The first-order valence-electron chi connectivity index (χ1n) is 4.02. The molecular formula is C8H11BrN2O. The predicted octanol–water partition coefficient (Wildman–Crippen LogP) is 2.00. The quantitative estimate of drug-likeness (QED) is 0.778. The molecule has 0 aromatic carbocycles. The topological polar surface area (TPSA) is 27.1 Å². The van der Waals surface area contributed by atoms with Gasteiger partial charge < -0.3 is 4.74 Å². The van der Waals surface area contributed by atoms with E-state index in [0.717, 1.165) is 17.3 Å². The molecule has 1 aromatic rings. The highest BCUT2D eigenvalue weighted by atomic mass is 79.9. The average molecular weight is 231 g/mol. The molecule has 1 aliphatic rings. The molecule has 3 nitrogen and oxygen atoms in total. The van der Waals surface area contributed by atoms with Crippen molar-refractivity contribution in [3.05, 3.63) is 16.9 Å². The summed E-state index contributed by atoms with van der Waals surface area (Å²) in [5.74, 6) is 0. The van der Waals surface area contributed by atoms with Crippen LogP contribution in [0.5, 0.6) is 0 Å². The third kappa shape index (κ3) is 1.41. The summed E-state index contributed by atoms with van der Waals surface area (Å²) in [6.45, 7) is 0. The zero-order valence-electron chi connectivity index (χ0n) is 6.90. The van der Waals surface area contributed by atoms with Gasteiger partial charge in [0.2, 0.25) is 0 Å². The van der Waals surface area contributed by atoms with Crippen molar-refractivity contribution in [2.45, 2.75) is 25.0 Å². The number of hydrogen-bond donors (Lipinski definition) is 0. The summed E-state index contributed by atoms with van der Waals surface area (Å²) in [6.07, 6.45) is 6.45. The molecule has 4 heteroatoms. The van der Waals surface area contributed by atoms with Crippen LogP contribution in [0.15, 0.2) is 16.9 Å². The number of ether oxygens (including phenoxy) is 1. The van der Waals surface area contributed by atoms with Crippen molar-refractivity contribution in [1.82, 2.24) is 9.78 Å². The first-order valence-corrected chi connectivity index (χ1v) is 4.81. The number of halogens is 1. The van der Waals surface area contributed by atoms with Crippen LogP contribution in [0.1, 0.15) is 18.9 Å². The van der Waals surface area contributed by atoms with Gasteiger partial charge >= 0.3 is 0 Å². The molecule has 0 aliphatic heterocycles. The fraction of sp³-hybridized carbons (Fsp3) is 0.625. The van der Waals surface area contributed by atoms with Crippen LogP contribution in [0.4, 0.5) is 0 Å². The lowest BCUT2D eigenvalue weighted by Crippen LogP contribution is -2.32. The van der Waals surface area contributed by atoms with Crippen LogP contribution in [0, 0.1) is 0 Å². The largest absolute Gasteiger partial charge is 0.381 e. The maximum atomic E-state index is 5.19. The van der Waals surface area contributed by atoms with Crippen LogP contribution in [0.25, 0.3) is 0 Å². The minimum atomic E-state index is 0.443. The van der Waals surface area contributed by atoms with Crippen LogP contribution < -0.4 is 0 Å². The molecule has 1 fully saturated rings. The molecule has 0 atom stereocenters. The Morgan fingerprint density at radius 1 is 1.67 bits per heavy atom. The van der Waals surface area contributed by atoms with Crippen LogP contribution in [-0.2, 0) is 4.74 Å². The summed E-state index contributed by atoms with van der Waals surface area (Å²) in [5.41, 5.74) is 0. The SMILES string of the molecule is COC1CC(n2cc(Br)cn2)C1. The summed E-state index contributed by atoms with van der Waals surface area (Å²) in [6, 6.07) is 0.543. The van der Waals surface area contributed by atoms with Gasteiger partial charge in [-0.15, -0.1) is 0 Å². The molecule has 0 radical (unpaired) electrons. The van der Waals surface area contributed by atoms with Crippen LogP contribution >= 0.6 is 15.9 Å². The standard InChI is InChI=1S/C8H11BrN2O/c1-12-8-2-7(3-8)11-5-6(9)4-10-11/h4-5,7-8H,2-3H2,1H3. The van der Waals surface area contributed by atoms with Crippen LogP contribution in [0.3, 0.4) is 0 Å². The Morgan fingerprint density at radius 2 is 2.42 bits per heavy atom. The summed E-state index contributed by atoms with van der Waals surface area (Å²) in [5, 5.41) is 4.22. The van der Waals surface area contributed by atoms with E-state index in [2.05, 4.69) is 21.0 Å². The third-order valence-corrected chi connectivity index (χ3v) is 2.76. The molecule has 0 amide bonds. The molecule has 66 valence electrons. The second-order valence-electron chi connectivity index (χ2n) is 3.12. The maximum Gasteiger partial charge on any atom is 0.0632 e. The molecule has 1 heterocycles. The van der Waals surface area contributed by atoms with Crippen molar-refractivity contribution in [2.75, 3.05) is 7.11 Å². The molecule has 12 heavy (non-hydrogen) atoms. The first-order chi connectivity index (χ1) is 5.79. The van der Waals surface area contributed by atoms with Crippen LogP contribution in [-0.4, -0.2) is 23.0 Å². The van der Waals surface area contributed by atoms with E-state index in [1.54, 1.807) is 7.11 Å². The number of aromatic nitrogens is 2. The van der Waals surface area contributed by atoms with Gasteiger partial charge in [-0.05, 0) is 28.8 Å². The molecule has 1 aliphatic carbocycles. The lowest BCUT2D eigenvalue weighted by atomic mass is 9.89. The van der Waals surface area contributed by atoms with Gasteiger partial charge in [0.05, 0.1) is 22.8 Å². The Morgan fingerprint density at radius 3 is 2.92 bits per heavy atom. The van der Waals surface area contributed by atoms with Gasteiger partial charge in [-0.25, -0.2) is 0 Å². The number of hydrogen-bond acceptors (Lipinski definition) is 2. The molecule has 0 unspecified atom stereocenters. The zero-order valence-corrected chi connectivity index (χ0v) is 8.49. The summed E-state index contributed by atoms with van der Waals surface area (Å²) < 4.78 is 8.24. The average Bonchev–Trinajstić information content (AvgIpc) is 2.34. The Hall–Kier alpha value is -0.350. The van der Waals surface area contributed by atoms with Gasteiger partial charge in [-0.2, -0.15) is 5.10 Å². The molecule has 2 rings (SSSR count). The van der Waals surface area contributed by atoms with Crippen LogP contribution in [0.2, 0.25) is 0 Å². The lowest BCUT2D eigenvalue weighted by molar-refractivity contribution is 0.00247. The second-order valence-corrected chi connectivity index (χ2v) is 4.04. The Labute approximate surface area is 79.8 Å². The zero-order chi connectivity index (χ0) is 8.55. The van der Waals surface area contributed by atoms with E-state index in [4.69, 9.17) is 4.74 Å². The van der Waals surface area contributed by atoms with Crippen molar-refractivity contribution >= 4 is 15.9 Å². The van der Waals surface area contributed by atoms with Gasteiger partial charge in [0.1, 0.15) is 0 Å². The fourth-order valence-electron chi connectivity index (χ4n) is 1.46. The lowest BCUT2D eigenvalue weighted by Gasteiger charge is -2.33. The van der Waals surface area contributed by atoms with Crippen molar-refractivity contribution in [3.8, 4) is 0 Å². The van der Waals surface area contributed by atoms with E-state index in [0.29, 0.717) is 12.1 Å². The number of nitrogens with zero attached hydrogens (tertiary/aromatic N) is 2. The van der Waals surface area contributed by atoms with Gasteiger partial charge in [0.25, 0.3) is 0 Å². The van der Waals surface area contributed by atoms with Gasteiger partial charge in [0, 0.05) is 13.3 Å². The molecule has 1 aromatic heterocycles. The monoisotopic (exact) mass is 230 g/mol. The van der Waals surface area contributed by atoms with Crippen molar-refractivity contribution in [1.29, 1.82) is 0 Å². The molecular weight excluding hydrogens is 220 g/mol. The molecule has 0 N–H and O–H groups in total. The maximum absolute atomic E-state index is 5.19. The van der Waals surface area contributed by atoms with Gasteiger partial charge in [-0.3, -0.25) is 4.68 Å². The molecule has 0 bridgehead atoms. The molecule has 0 spiro atoms. The normalized spacial score (nSPS) is 28.5. The summed E-state index contributed by atoms with van der Waals surface area (Å²) in [7, 11) is 1.76. The highest BCUT2D eigenvalue weighted by Gasteiger charge is 2.30. The van der Waals surface area contributed by atoms with Crippen molar-refractivity contribution in [3.63, 3.8) is 0 Å². The van der Waals surface area contributed by atoms with E-state index in [1.165, 1.54) is 0 Å². The summed E-state index contributed by atoms with van der Waals surface area (Å²) >= 11 is 3.37. The molecule has 0 saturated heterocycles. The highest BCUT2D eigenvalue weighted by Crippen LogP contribution is 2.33. The van der Waals surface area contributed by atoms with Gasteiger partial charge in [-0.1, -0.05) is 0 Å². The van der Waals surface area contributed by atoms with Crippen molar-refractivity contribution in [2.24, 2.45) is 0 Å². The van der Waals surface area contributed by atoms with E-state index < -0.39 is 0 Å². The highest BCUT2D eigenvalue weighted by molar-refractivity contribution is 9.10. The first kappa shape index (κ1) is 8.26. The van der Waals surface area contributed by atoms with E-state index in [9.17, 15) is 0 Å². The van der Waals surface area contributed by atoms with E-state index >= 15 is 0 Å². The molecule has 1 saturated carbocycles. The Balaban J connectivity index is 1.96. The smallest absolute Gasteiger partial charge is 0.0632 e. The van der Waals surface area contributed by atoms with Crippen molar-refractivity contribution < 1.29 is 4.74 Å². The number of methoxy groups -OCH3 is 1. The minimum Gasteiger partial charge on any atom is -0.381 e. The third-order valence-electron chi connectivity index (χ3n) is 2.35. The van der Waals surface area contributed by atoms with E-state index in [1.807, 2.05) is 17.1 Å². The summed E-state index contributed by atoms with van der Waals surface area (Å²) in [4.78, 5) is 0. The second kappa shape index (κ2) is 3.18. The van der Waals surface area contributed by atoms with E-state index in [-0.39, 0.29) is 0 Å². The fourth-order valence-corrected chi connectivity index (χ4v) is 1.76. The predicted molar refractivity (Wildman–Crippen MR) is 49.0 cm³/mol. The number of rotatable bonds is 2.